The molecule has 0 unspecified atom stereocenters. The van der Waals surface area contributed by atoms with Gasteiger partial charge in [-0.3, -0.25) is 9.97 Å². The standard InChI is InChI=1S/C8H14N4.3C2H8N2/c1-7-4-12-8(6-11-7)5-10-3-2-9;3*3-1-2-4/h4,6,10H,2-3,5,9H2,1H3;3*1-4H2. The summed E-state index contributed by atoms with van der Waals surface area (Å²) in [6.45, 7) is 7.71. The highest BCUT2D eigenvalue weighted by atomic mass is 14.9. The van der Waals surface area contributed by atoms with E-state index in [9.17, 15) is 0 Å². The SMILES string of the molecule is Cc1cnc(CNCCN)cn1.NCCN.NCCN.NCCN. The summed E-state index contributed by atoms with van der Waals surface area (Å²) in [5.41, 5.74) is 36.6. The van der Waals surface area contributed by atoms with E-state index in [1.807, 2.05) is 6.92 Å². The number of nitrogens with one attached hydrogen (secondary N) is 1. The molecule has 0 aromatic carbocycles. The molecule has 10 heteroatoms. The van der Waals surface area contributed by atoms with Gasteiger partial charge in [0.25, 0.3) is 0 Å². The van der Waals surface area contributed by atoms with Crippen LogP contribution in [0.25, 0.3) is 0 Å². The van der Waals surface area contributed by atoms with E-state index in [1.54, 1.807) is 12.4 Å². The summed E-state index contributed by atoms with van der Waals surface area (Å²) in [5, 5.41) is 3.14. The second-order valence-corrected chi connectivity index (χ2v) is 4.35. The number of aromatic nitrogens is 2. The van der Waals surface area contributed by atoms with Crippen molar-refractivity contribution in [3.63, 3.8) is 0 Å². The molecule has 0 amide bonds. The Kier molecular flexibility index (Phi) is 30.6. The first-order valence-electron chi connectivity index (χ1n) is 7.96. The Bertz CT molecular complexity index is 291. The summed E-state index contributed by atoms with van der Waals surface area (Å²) in [4.78, 5) is 8.31. The topological polar surface area (TPSA) is 220 Å². The van der Waals surface area contributed by atoms with Crippen molar-refractivity contribution in [2.24, 2.45) is 40.1 Å². The van der Waals surface area contributed by atoms with Crippen molar-refractivity contribution in [2.45, 2.75) is 13.5 Å². The van der Waals surface area contributed by atoms with Crippen LogP contribution in [0.4, 0.5) is 0 Å². The lowest BCUT2D eigenvalue weighted by atomic mass is 10.4. The molecule has 1 aromatic heterocycles. The Balaban J connectivity index is -0.000000304. The van der Waals surface area contributed by atoms with Crippen molar-refractivity contribution in [3.8, 4) is 0 Å². The van der Waals surface area contributed by atoms with Gasteiger partial charge in [0.15, 0.2) is 0 Å². The van der Waals surface area contributed by atoms with Crippen LogP contribution in [0.2, 0.25) is 0 Å². The van der Waals surface area contributed by atoms with Crippen LogP contribution in [-0.4, -0.2) is 62.3 Å². The van der Waals surface area contributed by atoms with Crippen molar-refractivity contribution in [3.05, 3.63) is 23.8 Å². The third-order valence-corrected chi connectivity index (χ3v) is 1.96. The summed E-state index contributed by atoms with van der Waals surface area (Å²) in [6.07, 6.45) is 3.54. The maximum atomic E-state index is 5.32. The van der Waals surface area contributed by atoms with Gasteiger partial charge in [-0.05, 0) is 6.92 Å². The molecule has 144 valence electrons. The normalized spacial score (nSPS) is 8.83. The van der Waals surface area contributed by atoms with Gasteiger partial charge in [0.2, 0.25) is 0 Å². The molecular formula is C14H38N10. The number of rotatable bonds is 7. The Morgan fingerprint density at radius 1 is 0.708 bits per heavy atom. The number of hydrogen-bond acceptors (Lipinski definition) is 10. The molecule has 0 aliphatic carbocycles. The van der Waals surface area contributed by atoms with Gasteiger partial charge in [0, 0.05) is 71.3 Å². The van der Waals surface area contributed by atoms with E-state index in [-0.39, 0.29) is 0 Å². The summed E-state index contributed by atoms with van der Waals surface area (Å²) >= 11 is 0. The van der Waals surface area contributed by atoms with Crippen LogP contribution in [0.15, 0.2) is 12.4 Å². The molecule has 0 fully saturated rings. The number of hydrogen-bond donors (Lipinski definition) is 8. The quantitative estimate of drug-likeness (QED) is 0.228. The zero-order valence-corrected chi connectivity index (χ0v) is 15.0. The Morgan fingerprint density at radius 2 is 1.17 bits per heavy atom. The van der Waals surface area contributed by atoms with Gasteiger partial charge in [-0.15, -0.1) is 0 Å². The molecule has 0 bridgehead atoms. The van der Waals surface area contributed by atoms with Crippen LogP contribution in [0.3, 0.4) is 0 Å². The monoisotopic (exact) mass is 346 g/mol. The summed E-state index contributed by atoms with van der Waals surface area (Å²) in [6, 6.07) is 0. The van der Waals surface area contributed by atoms with Gasteiger partial charge in [-0.2, -0.15) is 0 Å². The number of nitrogens with two attached hydrogens (primary N) is 7. The van der Waals surface area contributed by atoms with Gasteiger partial charge < -0.3 is 45.5 Å². The largest absolute Gasteiger partial charge is 0.329 e. The molecular weight excluding hydrogens is 308 g/mol. The first-order chi connectivity index (χ1) is 11.6. The van der Waals surface area contributed by atoms with Crippen molar-refractivity contribution in [1.29, 1.82) is 0 Å². The summed E-state index contributed by atoms with van der Waals surface area (Å²) in [7, 11) is 0. The van der Waals surface area contributed by atoms with E-state index in [0.717, 1.165) is 24.5 Å². The van der Waals surface area contributed by atoms with E-state index in [4.69, 9.17) is 40.1 Å². The van der Waals surface area contributed by atoms with E-state index in [2.05, 4.69) is 15.3 Å². The molecule has 0 saturated carbocycles. The highest BCUT2D eigenvalue weighted by molar-refractivity contribution is 4.99. The minimum absolute atomic E-state index is 0.597. The molecule has 0 atom stereocenters. The van der Waals surface area contributed by atoms with Gasteiger partial charge in [-0.25, -0.2) is 0 Å². The maximum Gasteiger partial charge on any atom is 0.0724 e. The molecule has 0 aliphatic rings. The molecule has 10 nitrogen and oxygen atoms in total. The predicted molar refractivity (Wildman–Crippen MR) is 102 cm³/mol. The van der Waals surface area contributed by atoms with Gasteiger partial charge in [0.1, 0.15) is 0 Å². The second-order valence-electron chi connectivity index (χ2n) is 4.35. The Labute approximate surface area is 145 Å². The fraction of sp³-hybridized carbons (Fsp3) is 0.714. The first kappa shape index (κ1) is 27.6. The van der Waals surface area contributed by atoms with E-state index < -0.39 is 0 Å². The summed E-state index contributed by atoms with van der Waals surface area (Å²) < 4.78 is 0. The minimum atomic E-state index is 0.597. The van der Waals surface area contributed by atoms with Crippen molar-refractivity contribution < 1.29 is 0 Å². The predicted octanol–water partition coefficient (Wildman–Crippen LogP) is -3.46. The molecule has 0 aliphatic heterocycles. The number of nitrogens with zero attached hydrogens (tertiary/aromatic N) is 2. The van der Waals surface area contributed by atoms with Crippen LogP contribution in [0, 0.1) is 6.92 Å². The average molecular weight is 347 g/mol. The van der Waals surface area contributed by atoms with Crippen LogP contribution in [-0.2, 0) is 6.54 Å². The molecule has 0 saturated heterocycles. The molecule has 1 heterocycles. The Morgan fingerprint density at radius 3 is 1.46 bits per heavy atom. The van der Waals surface area contributed by atoms with Crippen LogP contribution in [0.1, 0.15) is 11.4 Å². The van der Waals surface area contributed by atoms with Crippen LogP contribution >= 0.6 is 0 Å². The third-order valence-electron chi connectivity index (χ3n) is 1.96. The lowest BCUT2D eigenvalue weighted by Gasteiger charge is -2.01. The third kappa shape index (κ3) is 28.9. The maximum absolute atomic E-state index is 5.32. The molecule has 1 rings (SSSR count). The molecule has 15 N–H and O–H groups in total. The van der Waals surface area contributed by atoms with Crippen LogP contribution < -0.4 is 45.5 Å². The lowest BCUT2D eigenvalue weighted by molar-refractivity contribution is 0.678. The lowest BCUT2D eigenvalue weighted by Crippen LogP contribution is -2.22. The number of aryl methyl sites for hydroxylation is 1. The van der Waals surface area contributed by atoms with Crippen molar-refractivity contribution >= 4 is 0 Å². The highest BCUT2D eigenvalue weighted by Gasteiger charge is 1.92. The second kappa shape index (κ2) is 26.6. The van der Waals surface area contributed by atoms with E-state index >= 15 is 0 Å². The molecule has 0 spiro atoms. The molecule has 0 radical (unpaired) electrons. The molecule has 24 heavy (non-hydrogen) atoms. The zero-order valence-electron chi connectivity index (χ0n) is 15.0. The first-order valence-corrected chi connectivity index (χ1v) is 7.96. The van der Waals surface area contributed by atoms with Crippen molar-refractivity contribution in [2.75, 3.05) is 52.4 Å². The van der Waals surface area contributed by atoms with E-state index in [0.29, 0.717) is 45.8 Å². The average Bonchev–Trinajstić information content (AvgIpc) is 2.64. The highest BCUT2D eigenvalue weighted by Crippen LogP contribution is 1.92. The smallest absolute Gasteiger partial charge is 0.0724 e. The zero-order chi connectivity index (χ0) is 19.1. The van der Waals surface area contributed by atoms with Gasteiger partial charge >= 0.3 is 0 Å². The Hall–Kier alpha value is -1.24. The van der Waals surface area contributed by atoms with E-state index in [1.165, 1.54) is 0 Å². The minimum Gasteiger partial charge on any atom is -0.329 e. The van der Waals surface area contributed by atoms with Gasteiger partial charge in [0.05, 0.1) is 11.4 Å². The van der Waals surface area contributed by atoms with Crippen molar-refractivity contribution in [1.82, 2.24) is 15.3 Å². The van der Waals surface area contributed by atoms with Crippen LogP contribution in [0.5, 0.6) is 0 Å². The van der Waals surface area contributed by atoms with Gasteiger partial charge in [-0.1, -0.05) is 0 Å². The summed E-state index contributed by atoms with van der Waals surface area (Å²) in [5.74, 6) is 0. The molecule has 1 aromatic rings. The fourth-order valence-corrected chi connectivity index (χ4v) is 0.829. The fourth-order valence-electron chi connectivity index (χ4n) is 0.829.